The van der Waals surface area contributed by atoms with Crippen molar-refractivity contribution in [1.82, 2.24) is 14.7 Å². The van der Waals surface area contributed by atoms with Gasteiger partial charge < -0.3 is 94.0 Å². The summed E-state index contributed by atoms with van der Waals surface area (Å²) in [6, 6.07) is 0. The molecule has 28 heavy (non-hydrogen) atoms. The molecule has 0 aromatic carbocycles. The molecular weight excluding hydrogens is 664 g/mol. The van der Waals surface area contributed by atoms with Gasteiger partial charge in [0.05, 0.1) is 13.2 Å². The summed E-state index contributed by atoms with van der Waals surface area (Å²) in [6.07, 6.45) is 7.73. The first-order valence-corrected chi connectivity index (χ1v) is 11.8. The van der Waals surface area contributed by atoms with E-state index in [9.17, 15) is 0 Å². The Morgan fingerprint density at radius 3 is 1.04 bits per heavy atom. The van der Waals surface area contributed by atoms with Crippen molar-refractivity contribution in [2.45, 2.75) is 38.5 Å². The van der Waals surface area contributed by atoms with Gasteiger partial charge in [0.2, 0.25) is 0 Å². The molecule has 158 valence electrons. The van der Waals surface area contributed by atoms with Crippen LogP contribution in [-0.4, -0.2) is 106 Å². The molecule has 4 nitrogen and oxygen atoms in total. The van der Waals surface area contributed by atoms with Gasteiger partial charge in [-0.05, 0) is 38.5 Å². The number of thiocarbonyl (C=S) groups is 3. The third-order valence-corrected chi connectivity index (χ3v) is 6.05. The summed E-state index contributed by atoms with van der Waals surface area (Å²) in [7, 11) is 0. The smallest absolute Gasteiger partial charge is 0.411 e. The van der Waals surface area contributed by atoms with Crippen LogP contribution < -0.4 is 0 Å². The summed E-state index contributed by atoms with van der Waals surface area (Å²) in [5, 5.41) is 0. The average Bonchev–Trinajstić information content (AvgIpc) is 2.71. The van der Waals surface area contributed by atoms with Crippen LogP contribution in [0.1, 0.15) is 38.5 Å². The summed E-state index contributed by atoms with van der Waals surface area (Å²) in [5.74, 6) is 0. The number of hydrogen-bond donors (Lipinski definition) is 0. The van der Waals surface area contributed by atoms with E-state index < -0.39 is 0 Å². The van der Waals surface area contributed by atoms with E-state index in [1.165, 1.54) is 38.5 Å². The SMILES string of the molecule is S=C([S-])N1CCCCC1.S=C([S-])N1CCCCC1.S=C([S-])N1CCOCC1.[Bi+3]. The zero-order valence-corrected chi connectivity index (χ0v) is 24.4. The number of morpholine rings is 1. The van der Waals surface area contributed by atoms with E-state index in [0.29, 0.717) is 13.0 Å². The molecule has 3 heterocycles. The van der Waals surface area contributed by atoms with E-state index in [1.54, 1.807) is 0 Å². The maximum Gasteiger partial charge on any atom is 3.00 e. The normalized spacial score (nSPS) is 19.1. The molecule has 3 aliphatic heterocycles. The van der Waals surface area contributed by atoms with Crippen molar-refractivity contribution in [2.75, 3.05) is 52.5 Å². The fourth-order valence-corrected chi connectivity index (χ4v) is 3.99. The van der Waals surface area contributed by atoms with Crippen LogP contribution in [0.5, 0.6) is 0 Å². The largest absolute Gasteiger partial charge is 3.00 e. The van der Waals surface area contributed by atoms with Crippen molar-refractivity contribution in [3.8, 4) is 0 Å². The molecule has 0 N–H and O–H groups in total. The number of piperidine rings is 2. The van der Waals surface area contributed by atoms with Gasteiger partial charge in [-0.2, -0.15) is 0 Å². The van der Waals surface area contributed by atoms with Gasteiger partial charge in [-0.3, -0.25) is 0 Å². The van der Waals surface area contributed by atoms with Crippen LogP contribution in [0.15, 0.2) is 0 Å². The summed E-state index contributed by atoms with van der Waals surface area (Å²) < 4.78 is 6.97. The summed E-state index contributed by atoms with van der Waals surface area (Å²) >= 11 is 29.0. The third kappa shape index (κ3) is 13.5. The van der Waals surface area contributed by atoms with Gasteiger partial charge >= 0.3 is 26.2 Å². The number of hydrogen-bond acceptors (Lipinski definition) is 7. The molecule has 0 amide bonds. The molecule has 11 heteroatoms. The van der Waals surface area contributed by atoms with E-state index in [2.05, 4.69) is 9.80 Å². The molecule has 0 aromatic rings. The van der Waals surface area contributed by atoms with Gasteiger partial charge in [-0.15, -0.1) is 0 Å². The number of nitrogens with zero attached hydrogens (tertiary/aromatic N) is 3. The fraction of sp³-hybridized carbons (Fsp3) is 0.824. The predicted octanol–water partition coefficient (Wildman–Crippen LogP) is 2.38. The summed E-state index contributed by atoms with van der Waals surface area (Å²) in [4.78, 5) is 6.19. The Kier molecular flexibility index (Phi) is 18.6. The van der Waals surface area contributed by atoms with E-state index in [0.717, 1.165) is 52.5 Å². The third-order valence-electron chi connectivity index (χ3n) is 4.50. The maximum atomic E-state index is 5.10. The second-order valence-corrected chi connectivity index (χ2v) is 9.59. The Balaban J connectivity index is 0.000000384. The van der Waals surface area contributed by atoms with Crippen LogP contribution in [0.3, 0.4) is 0 Å². The van der Waals surface area contributed by atoms with Gasteiger partial charge in [0.25, 0.3) is 0 Å². The summed E-state index contributed by atoms with van der Waals surface area (Å²) in [5.41, 5.74) is 0. The number of ether oxygens (including phenoxy) is 1. The average molecular weight is 692 g/mol. The summed E-state index contributed by atoms with van der Waals surface area (Å²) in [6.45, 7) is 7.59. The molecule has 0 bridgehead atoms. The molecule has 0 aromatic heterocycles. The van der Waals surface area contributed by atoms with Gasteiger partial charge in [0, 0.05) is 39.3 Å². The van der Waals surface area contributed by atoms with Gasteiger partial charge in [0.1, 0.15) is 0 Å². The van der Waals surface area contributed by atoms with Crippen LogP contribution >= 0.6 is 36.7 Å². The van der Waals surface area contributed by atoms with E-state index in [1.807, 2.05) is 4.90 Å². The minimum atomic E-state index is 0. The monoisotopic (exact) mass is 691 g/mol. The predicted molar refractivity (Wildman–Crippen MR) is 139 cm³/mol. The van der Waals surface area contributed by atoms with Crippen molar-refractivity contribution < 1.29 is 4.74 Å². The quantitative estimate of drug-likeness (QED) is 0.214. The van der Waals surface area contributed by atoms with Crippen molar-refractivity contribution in [1.29, 1.82) is 0 Å². The molecule has 0 saturated carbocycles. The number of rotatable bonds is 0. The first-order valence-electron chi connectivity index (χ1n) is 9.37. The topological polar surface area (TPSA) is 19.0 Å². The molecule has 0 atom stereocenters. The molecule has 3 aliphatic rings. The molecule has 3 rings (SSSR count). The van der Waals surface area contributed by atoms with Gasteiger partial charge in [-0.25, -0.2) is 0 Å². The van der Waals surface area contributed by atoms with Gasteiger partial charge in [-0.1, -0.05) is 13.0 Å². The number of likely N-dealkylation sites (tertiary alicyclic amines) is 2. The Labute approximate surface area is 222 Å². The van der Waals surface area contributed by atoms with Crippen LogP contribution in [0, 0.1) is 0 Å². The Bertz CT molecular complexity index is 401. The minimum Gasteiger partial charge on any atom is -0.411 e. The van der Waals surface area contributed by atoms with E-state index in [4.69, 9.17) is 79.3 Å². The van der Waals surface area contributed by atoms with Gasteiger partial charge in [0.15, 0.2) is 0 Å². The molecule has 2 radical (unpaired) electrons. The zero-order valence-electron chi connectivity index (χ0n) is 16.0. The molecule has 3 fully saturated rings. The zero-order chi connectivity index (χ0) is 20.1. The Morgan fingerprint density at radius 1 is 0.536 bits per heavy atom. The van der Waals surface area contributed by atoms with Crippen molar-refractivity contribution in [3.63, 3.8) is 0 Å². The van der Waals surface area contributed by atoms with Crippen LogP contribution in [0.2, 0.25) is 0 Å². The first kappa shape index (κ1) is 29.2. The molecule has 0 unspecified atom stereocenters. The molecule has 3 saturated heterocycles. The molecule has 0 spiro atoms. The molecular formula is C17H28BiN3OS6. The van der Waals surface area contributed by atoms with E-state index in [-0.39, 0.29) is 26.2 Å². The van der Waals surface area contributed by atoms with Crippen molar-refractivity contribution in [2.24, 2.45) is 0 Å². The maximum absolute atomic E-state index is 5.10. The second-order valence-electron chi connectivity index (χ2n) is 6.49. The first-order chi connectivity index (χ1) is 12.9. The standard InChI is InChI=1S/2C6H11NS2.C5H9NOS2.Bi/c2*8-6(9)7-4-2-1-3-5-7;8-5(9)6-1-3-7-4-2-6;/h2*1-5H2,(H,8,9);1-4H2,(H,8,9);/q;;;+3/p-3. The Morgan fingerprint density at radius 2 is 0.821 bits per heavy atom. The minimum absolute atomic E-state index is 0. The Hall–Kier alpha value is 1.17. The van der Waals surface area contributed by atoms with E-state index >= 15 is 0 Å². The van der Waals surface area contributed by atoms with Crippen molar-refractivity contribution in [3.05, 3.63) is 0 Å². The van der Waals surface area contributed by atoms with Crippen LogP contribution in [0.25, 0.3) is 0 Å². The second kappa shape index (κ2) is 17.8. The van der Waals surface area contributed by atoms with Crippen LogP contribution in [-0.2, 0) is 42.6 Å². The fourth-order valence-electron chi connectivity index (χ4n) is 2.90. The van der Waals surface area contributed by atoms with Crippen molar-refractivity contribution >= 4 is 114 Å². The van der Waals surface area contributed by atoms with Crippen LogP contribution in [0.4, 0.5) is 0 Å². The molecule has 0 aliphatic carbocycles.